The number of aromatic nitrogens is 1. The van der Waals surface area contributed by atoms with E-state index < -0.39 is 11.7 Å². The lowest BCUT2D eigenvalue weighted by Gasteiger charge is -2.10. The van der Waals surface area contributed by atoms with Crippen LogP contribution in [-0.2, 0) is 12.6 Å². The maximum Gasteiger partial charge on any atom is 0.416 e. The average molecular weight is 480 g/mol. The van der Waals surface area contributed by atoms with E-state index in [0.717, 1.165) is 17.8 Å². The predicted octanol–water partition coefficient (Wildman–Crippen LogP) is 3.24. The van der Waals surface area contributed by atoms with E-state index in [1.54, 1.807) is 6.20 Å². The minimum absolute atomic E-state index is 0. The van der Waals surface area contributed by atoms with Gasteiger partial charge in [0.1, 0.15) is 12.4 Å². The van der Waals surface area contributed by atoms with Crippen LogP contribution in [0.25, 0.3) is 0 Å². The number of nitrogens with two attached hydrogens (primary N) is 1. The van der Waals surface area contributed by atoms with Gasteiger partial charge in [-0.2, -0.15) is 13.2 Å². The number of pyridine rings is 1. The molecule has 0 aliphatic carbocycles. The topological polar surface area (TPSA) is 72.5 Å². The number of rotatable bonds is 7. The number of aliphatic imine (C=N–C) groups is 1. The minimum atomic E-state index is -4.35. The van der Waals surface area contributed by atoms with Gasteiger partial charge in [-0.1, -0.05) is 6.07 Å². The van der Waals surface area contributed by atoms with Crippen molar-refractivity contribution in [2.24, 2.45) is 10.7 Å². The number of hydrogen-bond acceptors (Lipinski definition) is 3. The normalized spacial score (nSPS) is 11.6. The molecular formula is C17H20F3IN4O. The zero-order valence-corrected chi connectivity index (χ0v) is 16.2. The molecule has 1 aromatic heterocycles. The van der Waals surface area contributed by atoms with Crippen molar-refractivity contribution in [3.8, 4) is 5.75 Å². The fourth-order valence-electron chi connectivity index (χ4n) is 1.98. The molecule has 26 heavy (non-hydrogen) atoms. The Balaban J connectivity index is 0.00000338. The first-order valence-corrected chi connectivity index (χ1v) is 7.69. The third kappa shape index (κ3) is 7.89. The Labute approximate surface area is 166 Å². The summed E-state index contributed by atoms with van der Waals surface area (Å²) >= 11 is 0. The standard InChI is InChI=1S/C17H19F3N4O.HI/c18-17(19,20)13-4-6-15(7-5-13)25-12-11-24-16(21)23-10-8-14-3-1-2-9-22-14;/h1-7,9H,8,10-12H2,(H3,21,23,24);1H. The monoisotopic (exact) mass is 480 g/mol. The molecule has 1 aromatic carbocycles. The molecule has 0 bridgehead atoms. The van der Waals surface area contributed by atoms with Crippen molar-refractivity contribution in [3.05, 3.63) is 59.9 Å². The highest BCUT2D eigenvalue weighted by Gasteiger charge is 2.29. The maximum absolute atomic E-state index is 12.4. The van der Waals surface area contributed by atoms with Gasteiger partial charge in [-0.3, -0.25) is 9.98 Å². The Morgan fingerprint density at radius 1 is 1.15 bits per heavy atom. The number of benzene rings is 1. The van der Waals surface area contributed by atoms with E-state index in [1.807, 2.05) is 18.2 Å². The molecule has 0 fully saturated rings. The molecule has 0 spiro atoms. The highest BCUT2D eigenvalue weighted by molar-refractivity contribution is 14.0. The molecule has 0 atom stereocenters. The lowest BCUT2D eigenvalue weighted by atomic mass is 10.2. The van der Waals surface area contributed by atoms with Gasteiger partial charge in [0, 0.05) is 24.9 Å². The van der Waals surface area contributed by atoms with Gasteiger partial charge in [-0.05, 0) is 36.4 Å². The highest BCUT2D eigenvalue weighted by atomic mass is 127. The lowest BCUT2D eigenvalue weighted by Crippen LogP contribution is -2.35. The summed E-state index contributed by atoms with van der Waals surface area (Å²) in [5.41, 5.74) is 5.95. The molecule has 3 N–H and O–H groups in total. The molecule has 2 rings (SSSR count). The van der Waals surface area contributed by atoms with Crippen LogP contribution < -0.4 is 15.8 Å². The molecule has 142 valence electrons. The van der Waals surface area contributed by atoms with Gasteiger partial charge in [-0.15, -0.1) is 24.0 Å². The molecule has 5 nitrogen and oxygen atoms in total. The first-order chi connectivity index (χ1) is 11.9. The molecule has 0 saturated heterocycles. The lowest BCUT2D eigenvalue weighted by molar-refractivity contribution is -0.137. The third-order valence-electron chi connectivity index (χ3n) is 3.23. The number of ether oxygens (including phenoxy) is 1. The van der Waals surface area contributed by atoms with Crippen LogP contribution in [0.2, 0.25) is 0 Å². The van der Waals surface area contributed by atoms with Crippen molar-refractivity contribution in [3.63, 3.8) is 0 Å². The van der Waals surface area contributed by atoms with Gasteiger partial charge in [-0.25, -0.2) is 0 Å². The Hall–Kier alpha value is -2.04. The second kappa shape index (κ2) is 10.8. The Morgan fingerprint density at radius 3 is 2.50 bits per heavy atom. The zero-order valence-electron chi connectivity index (χ0n) is 13.9. The second-order valence-electron chi connectivity index (χ2n) is 5.14. The van der Waals surface area contributed by atoms with Crippen LogP contribution in [0.5, 0.6) is 5.75 Å². The third-order valence-corrected chi connectivity index (χ3v) is 3.23. The van der Waals surface area contributed by atoms with Crippen molar-refractivity contribution in [2.45, 2.75) is 12.6 Å². The number of nitrogens with one attached hydrogen (secondary N) is 1. The Morgan fingerprint density at radius 2 is 1.88 bits per heavy atom. The summed E-state index contributed by atoms with van der Waals surface area (Å²) < 4.78 is 42.7. The maximum atomic E-state index is 12.4. The number of hydrogen-bond donors (Lipinski definition) is 2. The molecule has 0 unspecified atom stereocenters. The first kappa shape index (κ1) is 22.0. The zero-order chi connectivity index (χ0) is 18.1. The highest BCUT2D eigenvalue weighted by Crippen LogP contribution is 2.30. The SMILES string of the molecule is I.NC(=NCCc1ccccn1)NCCOc1ccc(C(F)(F)F)cc1. The van der Waals surface area contributed by atoms with E-state index in [1.165, 1.54) is 12.1 Å². The second-order valence-corrected chi connectivity index (χ2v) is 5.14. The summed E-state index contributed by atoms with van der Waals surface area (Å²) in [5, 5.41) is 2.88. The van der Waals surface area contributed by atoms with E-state index in [2.05, 4.69) is 15.3 Å². The van der Waals surface area contributed by atoms with Crippen molar-refractivity contribution in [1.82, 2.24) is 10.3 Å². The van der Waals surface area contributed by atoms with E-state index in [4.69, 9.17) is 10.5 Å². The quantitative estimate of drug-likeness (QED) is 0.276. The van der Waals surface area contributed by atoms with Crippen molar-refractivity contribution in [2.75, 3.05) is 19.7 Å². The smallest absolute Gasteiger partial charge is 0.416 e. The molecule has 0 saturated carbocycles. The van der Waals surface area contributed by atoms with Crippen molar-refractivity contribution in [1.29, 1.82) is 0 Å². The van der Waals surface area contributed by atoms with Crippen LogP contribution in [0, 0.1) is 0 Å². The van der Waals surface area contributed by atoms with Gasteiger partial charge < -0.3 is 15.8 Å². The molecule has 0 aliphatic rings. The summed E-state index contributed by atoms with van der Waals surface area (Å²) in [6, 6.07) is 10.2. The van der Waals surface area contributed by atoms with Gasteiger partial charge in [0.2, 0.25) is 0 Å². The number of alkyl halides is 3. The molecule has 2 aromatic rings. The molecule has 0 radical (unpaired) electrons. The summed E-state index contributed by atoms with van der Waals surface area (Å²) in [4.78, 5) is 8.35. The van der Waals surface area contributed by atoms with E-state index in [-0.39, 0.29) is 36.5 Å². The van der Waals surface area contributed by atoms with Gasteiger partial charge >= 0.3 is 6.18 Å². The van der Waals surface area contributed by atoms with Crippen LogP contribution in [0.15, 0.2) is 53.7 Å². The molecule has 0 aliphatic heterocycles. The Kier molecular flexibility index (Phi) is 9.17. The fraction of sp³-hybridized carbons (Fsp3) is 0.294. The number of nitrogens with zero attached hydrogens (tertiary/aromatic N) is 2. The summed E-state index contributed by atoms with van der Waals surface area (Å²) in [7, 11) is 0. The Bertz CT molecular complexity index is 679. The van der Waals surface area contributed by atoms with E-state index in [9.17, 15) is 13.2 Å². The van der Waals surface area contributed by atoms with Gasteiger partial charge in [0.05, 0.1) is 12.1 Å². The van der Waals surface area contributed by atoms with Crippen molar-refractivity contribution < 1.29 is 17.9 Å². The predicted molar refractivity (Wildman–Crippen MR) is 105 cm³/mol. The van der Waals surface area contributed by atoms with E-state index >= 15 is 0 Å². The molecule has 9 heteroatoms. The van der Waals surface area contributed by atoms with Gasteiger partial charge in [0.15, 0.2) is 5.96 Å². The van der Waals surface area contributed by atoms with Crippen LogP contribution >= 0.6 is 24.0 Å². The van der Waals surface area contributed by atoms with Crippen LogP contribution in [0.1, 0.15) is 11.3 Å². The summed E-state index contributed by atoms with van der Waals surface area (Å²) in [6.07, 6.45) is -1.94. The van der Waals surface area contributed by atoms with E-state index in [0.29, 0.717) is 25.3 Å². The molecule has 0 amide bonds. The largest absolute Gasteiger partial charge is 0.492 e. The average Bonchev–Trinajstić information content (AvgIpc) is 2.59. The van der Waals surface area contributed by atoms with Crippen LogP contribution in [-0.4, -0.2) is 30.6 Å². The van der Waals surface area contributed by atoms with Crippen molar-refractivity contribution >= 4 is 29.9 Å². The summed E-state index contributed by atoms with van der Waals surface area (Å²) in [5.74, 6) is 0.646. The number of halogens is 4. The van der Waals surface area contributed by atoms with Crippen LogP contribution in [0.3, 0.4) is 0 Å². The summed E-state index contributed by atoms with van der Waals surface area (Å²) in [6.45, 7) is 1.15. The first-order valence-electron chi connectivity index (χ1n) is 7.69. The molecule has 1 heterocycles. The van der Waals surface area contributed by atoms with Crippen LogP contribution in [0.4, 0.5) is 13.2 Å². The number of guanidine groups is 1. The molecular weight excluding hydrogens is 460 g/mol. The minimum Gasteiger partial charge on any atom is -0.492 e. The fourth-order valence-corrected chi connectivity index (χ4v) is 1.98. The van der Waals surface area contributed by atoms with Gasteiger partial charge in [0.25, 0.3) is 0 Å².